The molecule has 0 aromatic heterocycles. The highest BCUT2D eigenvalue weighted by Gasteiger charge is 2.58. The Morgan fingerprint density at radius 1 is 1.38 bits per heavy atom. The number of hydrogen-bond donors (Lipinski definition) is 0. The van der Waals surface area contributed by atoms with Gasteiger partial charge in [0.2, 0.25) is 0 Å². The summed E-state index contributed by atoms with van der Waals surface area (Å²) < 4.78 is 17.3. The number of allylic oxidation sites excluding steroid dienone is 2. The van der Waals surface area contributed by atoms with Crippen LogP contribution in [0.4, 0.5) is 0 Å². The molecule has 5 atom stereocenters. The van der Waals surface area contributed by atoms with Crippen LogP contribution in [0.2, 0.25) is 0 Å². The van der Waals surface area contributed by atoms with Gasteiger partial charge in [-0.1, -0.05) is 19.9 Å². The zero-order chi connectivity index (χ0) is 15.4. The lowest BCUT2D eigenvalue weighted by molar-refractivity contribution is -0.265. The van der Waals surface area contributed by atoms with E-state index in [-0.39, 0.29) is 29.3 Å². The molecular weight excluding hydrogens is 268 g/mol. The zero-order valence-electron chi connectivity index (χ0n) is 13.4. The maximum atomic E-state index is 12.1. The number of ether oxygens (including phenoxy) is 3. The SMILES string of the molecule is COC1OC2(OC)CC3C=CC(=O)C(C)C3(C)CC2=C1C. The van der Waals surface area contributed by atoms with E-state index < -0.39 is 5.79 Å². The summed E-state index contributed by atoms with van der Waals surface area (Å²) in [6, 6.07) is 0. The molecule has 3 aliphatic rings. The van der Waals surface area contributed by atoms with Crippen molar-refractivity contribution < 1.29 is 19.0 Å². The first kappa shape index (κ1) is 14.9. The molecule has 0 radical (unpaired) electrons. The van der Waals surface area contributed by atoms with E-state index in [9.17, 15) is 4.79 Å². The molecule has 5 unspecified atom stereocenters. The third-order valence-corrected chi connectivity index (χ3v) is 5.93. The van der Waals surface area contributed by atoms with Gasteiger partial charge in [-0.3, -0.25) is 4.79 Å². The van der Waals surface area contributed by atoms with Gasteiger partial charge >= 0.3 is 0 Å². The van der Waals surface area contributed by atoms with E-state index >= 15 is 0 Å². The summed E-state index contributed by atoms with van der Waals surface area (Å²) in [5.74, 6) is -0.181. The predicted molar refractivity (Wildman–Crippen MR) is 78.5 cm³/mol. The van der Waals surface area contributed by atoms with Crippen molar-refractivity contribution in [1.82, 2.24) is 0 Å². The van der Waals surface area contributed by atoms with E-state index in [2.05, 4.69) is 6.92 Å². The van der Waals surface area contributed by atoms with Crippen LogP contribution in [0.15, 0.2) is 23.3 Å². The number of carbonyl (C=O) groups is 1. The molecule has 116 valence electrons. The molecule has 0 saturated heterocycles. The largest absolute Gasteiger partial charge is 0.352 e. The Morgan fingerprint density at radius 3 is 2.71 bits per heavy atom. The average molecular weight is 292 g/mol. The van der Waals surface area contributed by atoms with Gasteiger partial charge in [-0.05, 0) is 41.9 Å². The lowest BCUT2D eigenvalue weighted by atomic mass is 9.55. The summed E-state index contributed by atoms with van der Waals surface area (Å²) in [6.45, 7) is 6.29. The minimum atomic E-state index is -0.695. The second-order valence-corrected chi connectivity index (χ2v) is 6.78. The molecule has 4 heteroatoms. The maximum Gasteiger partial charge on any atom is 0.194 e. The van der Waals surface area contributed by atoms with Gasteiger partial charge in [0.1, 0.15) is 0 Å². The fourth-order valence-electron chi connectivity index (χ4n) is 4.18. The lowest BCUT2D eigenvalue weighted by Crippen LogP contribution is -2.51. The quantitative estimate of drug-likeness (QED) is 0.734. The lowest BCUT2D eigenvalue weighted by Gasteiger charge is -2.51. The second-order valence-electron chi connectivity index (χ2n) is 6.78. The summed E-state index contributed by atoms with van der Waals surface area (Å²) in [4.78, 5) is 12.1. The Bertz CT molecular complexity index is 535. The van der Waals surface area contributed by atoms with Crippen molar-refractivity contribution in [3.63, 3.8) is 0 Å². The van der Waals surface area contributed by atoms with Crippen LogP contribution in [0.1, 0.15) is 33.6 Å². The van der Waals surface area contributed by atoms with Crippen LogP contribution in [-0.2, 0) is 19.0 Å². The monoisotopic (exact) mass is 292 g/mol. The molecule has 0 aromatic rings. The van der Waals surface area contributed by atoms with Gasteiger partial charge in [0, 0.05) is 26.6 Å². The molecule has 2 aliphatic carbocycles. The van der Waals surface area contributed by atoms with Crippen LogP contribution < -0.4 is 0 Å². The van der Waals surface area contributed by atoms with Crippen molar-refractivity contribution in [1.29, 1.82) is 0 Å². The van der Waals surface area contributed by atoms with Crippen molar-refractivity contribution in [3.8, 4) is 0 Å². The number of carbonyl (C=O) groups excluding carboxylic acids is 1. The highest BCUT2D eigenvalue weighted by Crippen LogP contribution is 2.58. The normalized spacial score (nSPS) is 45.8. The second kappa shape index (κ2) is 4.77. The first-order valence-corrected chi connectivity index (χ1v) is 7.56. The first-order chi connectivity index (χ1) is 9.88. The van der Waals surface area contributed by atoms with Crippen LogP contribution in [0.5, 0.6) is 0 Å². The molecule has 3 rings (SSSR count). The molecule has 0 spiro atoms. The molecule has 0 N–H and O–H groups in total. The Morgan fingerprint density at radius 2 is 2.10 bits per heavy atom. The Balaban J connectivity index is 2.06. The summed E-state index contributed by atoms with van der Waals surface area (Å²) in [6.07, 6.45) is 4.97. The Hall–Kier alpha value is -0.970. The molecule has 4 nitrogen and oxygen atoms in total. The van der Waals surface area contributed by atoms with E-state index in [4.69, 9.17) is 14.2 Å². The highest BCUT2D eigenvalue weighted by molar-refractivity contribution is 5.93. The molecule has 1 saturated carbocycles. The molecule has 1 aliphatic heterocycles. The maximum absolute atomic E-state index is 12.1. The minimum absolute atomic E-state index is 0.0178. The number of rotatable bonds is 2. The summed E-state index contributed by atoms with van der Waals surface area (Å²) in [5, 5.41) is 0. The van der Waals surface area contributed by atoms with Crippen molar-refractivity contribution in [3.05, 3.63) is 23.3 Å². The number of methoxy groups -OCH3 is 2. The van der Waals surface area contributed by atoms with Crippen molar-refractivity contribution in [2.24, 2.45) is 17.3 Å². The van der Waals surface area contributed by atoms with Crippen LogP contribution in [0.25, 0.3) is 0 Å². The van der Waals surface area contributed by atoms with Gasteiger partial charge in [-0.15, -0.1) is 0 Å². The van der Waals surface area contributed by atoms with E-state index in [1.807, 2.05) is 19.9 Å². The molecule has 1 fully saturated rings. The minimum Gasteiger partial charge on any atom is -0.352 e. The van der Waals surface area contributed by atoms with Gasteiger partial charge in [-0.2, -0.15) is 0 Å². The summed E-state index contributed by atoms with van der Waals surface area (Å²) >= 11 is 0. The van der Waals surface area contributed by atoms with Crippen molar-refractivity contribution in [2.75, 3.05) is 14.2 Å². The third-order valence-electron chi connectivity index (χ3n) is 5.93. The van der Waals surface area contributed by atoms with E-state index in [1.165, 1.54) is 0 Å². The fraction of sp³-hybridized carbons (Fsp3) is 0.706. The first-order valence-electron chi connectivity index (χ1n) is 7.56. The van der Waals surface area contributed by atoms with Crippen molar-refractivity contribution >= 4 is 5.78 Å². The number of ketones is 1. The van der Waals surface area contributed by atoms with Crippen LogP contribution in [-0.4, -0.2) is 32.1 Å². The summed E-state index contributed by atoms with van der Waals surface area (Å²) in [5.41, 5.74) is 2.18. The molecule has 1 heterocycles. The van der Waals surface area contributed by atoms with E-state index in [0.717, 1.165) is 24.0 Å². The molecular formula is C17H24O4. The van der Waals surface area contributed by atoms with Crippen LogP contribution in [0, 0.1) is 17.3 Å². The van der Waals surface area contributed by atoms with Crippen molar-refractivity contribution in [2.45, 2.75) is 45.7 Å². The molecule has 0 bridgehead atoms. The van der Waals surface area contributed by atoms with E-state index in [0.29, 0.717) is 0 Å². The fourth-order valence-corrected chi connectivity index (χ4v) is 4.18. The Labute approximate surface area is 126 Å². The molecule has 0 amide bonds. The van der Waals surface area contributed by atoms with Gasteiger partial charge in [0.05, 0.1) is 0 Å². The summed E-state index contributed by atoms with van der Waals surface area (Å²) in [7, 11) is 3.34. The van der Waals surface area contributed by atoms with Crippen LogP contribution in [0.3, 0.4) is 0 Å². The van der Waals surface area contributed by atoms with Gasteiger partial charge in [0.15, 0.2) is 17.9 Å². The smallest absolute Gasteiger partial charge is 0.194 e. The molecule has 0 aromatic carbocycles. The average Bonchev–Trinajstić information content (AvgIpc) is 2.75. The topological polar surface area (TPSA) is 44.8 Å². The standard InChI is InChI=1S/C17H24O4/c1-10-13-9-16(3)11(2)14(18)7-6-12(16)8-17(13,20-5)21-15(10)19-4/h6-7,11-12,15H,8-9H2,1-5H3. The zero-order valence-corrected chi connectivity index (χ0v) is 13.4. The number of fused-ring (bicyclic) bond motifs is 2. The van der Waals surface area contributed by atoms with Crippen LogP contribution >= 0.6 is 0 Å². The highest BCUT2D eigenvalue weighted by atomic mass is 16.8. The van der Waals surface area contributed by atoms with Gasteiger partial charge < -0.3 is 14.2 Å². The Kier molecular flexibility index (Phi) is 3.39. The van der Waals surface area contributed by atoms with Gasteiger partial charge in [-0.25, -0.2) is 0 Å². The molecule has 21 heavy (non-hydrogen) atoms. The third kappa shape index (κ3) is 1.89. The van der Waals surface area contributed by atoms with E-state index in [1.54, 1.807) is 20.3 Å². The number of hydrogen-bond acceptors (Lipinski definition) is 4. The predicted octanol–water partition coefficient (Wildman–Crippen LogP) is 2.84. The van der Waals surface area contributed by atoms with Gasteiger partial charge in [0.25, 0.3) is 0 Å².